The number of hydrogen-bond acceptors (Lipinski definition) is 1. The molecule has 0 rings (SSSR count). The monoisotopic (exact) mass is 446 g/mol. The highest BCUT2D eigenvalue weighted by Crippen LogP contribution is 2.50. The lowest BCUT2D eigenvalue weighted by atomic mass is 10.0. The van der Waals surface area contributed by atoms with Crippen molar-refractivity contribution in [2.24, 2.45) is 0 Å². The first-order valence-corrected chi connectivity index (χ1v) is 6.00. The first-order valence-electron chi connectivity index (χ1n) is 6.00. The fourth-order valence-corrected chi connectivity index (χ4v) is 1.25. The van der Waals surface area contributed by atoms with E-state index in [1.807, 2.05) is 0 Å². The molecule has 0 fully saturated rings. The minimum Gasteiger partial charge on any atom is -0.368 e. The zero-order valence-corrected chi connectivity index (χ0v) is 12.0. The van der Waals surface area contributed by atoms with Gasteiger partial charge in [0.05, 0.1) is 0 Å². The third-order valence-electron chi connectivity index (χ3n) is 2.87. The van der Waals surface area contributed by atoms with E-state index < -0.39 is 61.6 Å². The zero-order chi connectivity index (χ0) is 22.3. The molecule has 0 N–H and O–H groups in total. The van der Waals surface area contributed by atoms with Crippen LogP contribution in [-0.4, -0.2) is 61.6 Å². The Morgan fingerprint density at radius 3 is 0.889 bits per heavy atom. The summed E-state index contributed by atoms with van der Waals surface area (Å²) in [6, 6.07) is 0. The van der Waals surface area contributed by atoms with Crippen LogP contribution in [0.4, 0.5) is 70.2 Å². The SMILES string of the molecule is FC(F)C(F)(F)C(F)(F)C(F)(F)COCC(F)(F)C(F)(F)C(F)(F)C(F)F. The third-order valence-corrected chi connectivity index (χ3v) is 2.87. The molecule has 0 saturated carbocycles. The van der Waals surface area contributed by atoms with Gasteiger partial charge in [-0.25, -0.2) is 17.6 Å². The lowest BCUT2D eigenvalue weighted by molar-refractivity contribution is -0.360. The Bertz CT molecular complexity index is 453. The maximum absolute atomic E-state index is 12.9. The van der Waals surface area contributed by atoms with E-state index in [0.29, 0.717) is 0 Å². The summed E-state index contributed by atoms with van der Waals surface area (Å²) in [6.07, 6.45) is -10.8. The number of hydrogen-bond donors (Lipinski definition) is 0. The minimum atomic E-state index is -6.95. The summed E-state index contributed by atoms with van der Waals surface area (Å²) in [5, 5.41) is 0. The van der Waals surface area contributed by atoms with Gasteiger partial charge >= 0.3 is 48.4 Å². The fraction of sp³-hybridized carbons (Fsp3) is 1.00. The van der Waals surface area contributed by atoms with Crippen LogP contribution < -0.4 is 0 Å². The van der Waals surface area contributed by atoms with Crippen molar-refractivity contribution >= 4 is 0 Å². The molecule has 0 spiro atoms. The summed E-state index contributed by atoms with van der Waals surface area (Å²) in [5.41, 5.74) is 0. The summed E-state index contributed by atoms with van der Waals surface area (Å²) >= 11 is 0. The van der Waals surface area contributed by atoms with E-state index in [0.717, 1.165) is 0 Å². The van der Waals surface area contributed by atoms with Crippen LogP contribution in [0.25, 0.3) is 0 Å². The predicted octanol–water partition coefficient (Wildman–Crippen LogP) is 5.35. The maximum Gasteiger partial charge on any atom is 0.380 e. The Hall–Kier alpha value is -1.16. The largest absolute Gasteiger partial charge is 0.380 e. The number of rotatable bonds is 10. The van der Waals surface area contributed by atoms with Crippen molar-refractivity contribution in [1.29, 1.82) is 0 Å². The topological polar surface area (TPSA) is 9.23 Å². The number of alkyl halides is 16. The minimum absolute atomic E-state index is 2.87. The Labute approximate surface area is 138 Å². The summed E-state index contributed by atoms with van der Waals surface area (Å²) in [5.74, 6) is -40.1. The standard InChI is InChI=1S/C10H6F16O/c11-3(12)7(19,20)9(23,24)5(15,16)1-27-2-6(17,18)10(25,26)8(21,22)4(13)14/h3-4H,1-2H2. The number of halogens is 16. The van der Waals surface area contributed by atoms with Crippen LogP contribution in [-0.2, 0) is 4.74 Å². The van der Waals surface area contributed by atoms with Crippen molar-refractivity contribution in [3.63, 3.8) is 0 Å². The van der Waals surface area contributed by atoms with Crippen LogP contribution in [0, 0.1) is 0 Å². The van der Waals surface area contributed by atoms with Crippen molar-refractivity contribution in [2.75, 3.05) is 13.2 Å². The van der Waals surface area contributed by atoms with Crippen LogP contribution in [0.5, 0.6) is 0 Å². The molecule has 0 aliphatic rings. The molecule has 0 aromatic rings. The maximum atomic E-state index is 12.9. The summed E-state index contributed by atoms with van der Waals surface area (Å²) in [7, 11) is 0. The van der Waals surface area contributed by atoms with Gasteiger partial charge in [-0.15, -0.1) is 0 Å². The molecule has 0 heterocycles. The second-order valence-corrected chi connectivity index (χ2v) is 4.90. The van der Waals surface area contributed by atoms with Gasteiger partial charge in [0.25, 0.3) is 0 Å². The van der Waals surface area contributed by atoms with Crippen molar-refractivity contribution in [3.8, 4) is 0 Å². The zero-order valence-electron chi connectivity index (χ0n) is 12.0. The molecule has 0 saturated heterocycles. The van der Waals surface area contributed by atoms with Gasteiger partial charge < -0.3 is 4.74 Å². The van der Waals surface area contributed by atoms with E-state index in [4.69, 9.17) is 0 Å². The van der Waals surface area contributed by atoms with Gasteiger partial charge in [-0.2, -0.15) is 52.7 Å². The summed E-state index contributed by atoms with van der Waals surface area (Å²) in [4.78, 5) is 0. The average Bonchev–Trinajstić information content (AvgIpc) is 2.45. The molecule has 164 valence electrons. The molecule has 0 radical (unpaired) electrons. The Balaban J connectivity index is 5.35. The second-order valence-electron chi connectivity index (χ2n) is 4.90. The molecule has 27 heavy (non-hydrogen) atoms. The molecule has 0 unspecified atom stereocenters. The fourth-order valence-electron chi connectivity index (χ4n) is 1.25. The van der Waals surface area contributed by atoms with Gasteiger partial charge in [-0.1, -0.05) is 0 Å². The molecular formula is C10H6F16O. The average molecular weight is 446 g/mol. The first kappa shape index (κ1) is 25.8. The van der Waals surface area contributed by atoms with Gasteiger partial charge in [-0.3, -0.25) is 0 Å². The van der Waals surface area contributed by atoms with E-state index >= 15 is 0 Å². The molecule has 0 aliphatic carbocycles. The molecule has 1 nitrogen and oxygen atoms in total. The van der Waals surface area contributed by atoms with Gasteiger partial charge in [-0.05, 0) is 0 Å². The second kappa shape index (κ2) is 7.35. The van der Waals surface area contributed by atoms with Gasteiger partial charge in [0.15, 0.2) is 0 Å². The predicted molar refractivity (Wildman–Crippen MR) is 52.5 cm³/mol. The highest BCUT2D eigenvalue weighted by Gasteiger charge is 2.77. The van der Waals surface area contributed by atoms with Crippen molar-refractivity contribution < 1.29 is 75.0 Å². The lowest BCUT2D eigenvalue weighted by Crippen LogP contribution is -2.61. The van der Waals surface area contributed by atoms with E-state index in [2.05, 4.69) is 4.74 Å². The Morgan fingerprint density at radius 2 is 0.704 bits per heavy atom. The van der Waals surface area contributed by atoms with Crippen LogP contribution in [0.1, 0.15) is 0 Å². The first-order chi connectivity index (χ1) is 11.6. The van der Waals surface area contributed by atoms with Gasteiger partial charge in [0, 0.05) is 0 Å². The smallest absolute Gasteiger partial charge is 0.368 e. The van der Waals surface area contributed by atoms with Crippen LogP contribution in [0.2, 0.25) is 0 Å². The molecule has 0 amide bonds. The van der Waals surface area contributed by atoms with E-state index in [-0.39, 0.29) is 0 Å². The van der Waals surface area contributed by atoms with Crippen molar-refractivity contribution in [1.82, 2.24) is 0 Å². The van der Waals surface area contributed by atoms with Crippen molar-refractivity contribution in [2.45, 2.75) is 48.4 Å². The molecule has 0 bridgehead atoms. The Kier molecular flexibility index (Phi) is 7.03. The van der Waals surface area contributed by atoms with Gasteiger partial charge in [0.1, 0.15) is 13.2 Å². The normalized spacial score (nSPS) is 15.8. The van der Waals surface area contributed by atoms with E-state index in [9.17, 15) is 70.2 Å². The molecule has 0 aliphatic heterocycles. The van der Waals surface area contributed by atoms with Crippen LogP contribution in [0.3, 0.4) is 0 Å². The quantitative estimate of drug-likeness (QED) is 0.412. The third kappa shape index (κ3) is 4.31. The summed E-state index contributed by atoms with van der Waals surface area (Å²) in [6.45, 7) is -6.68. The van der Waals surface area contributed by atoms with Gasteiger partial charge in [0.2, 0.25) is 0 Å². The molecule has 0 aromatic carbocycles. The van der Waals surface area contributed by atoms with Crippen LogP contribution in [0.15, 0.2) is 0 Å². The number of ether oxygens (including phenoxy) is 1. The Morgan fingerprint density at radius 1 is 0.481 bits per heavy atom. The van der Waals surface area contributed by atoms with E-state index in [1.54, 1.807) is 0 Å². The van der Waals surface area contributed by atoms with Crippen molar-refractivity contribution in [3.05, 3.63) is 0 Å². The van der Waals surface area contributed by atoms with E-state index in [1.165, 1.54) is 0 Å². The molecule has 17 heteroatoms. The highest BCUT2D eigenvalue weighted by molar-refractivity contribution is 5.00. The molecule has 0 aromatic heterocycles. The molecular weight excluding hydrogens is 440 g/mol. The highest BCUT2D eigenvalue weighted by atomic mass is 19.4. The van der Waals surface area contributed by atoms with Crippen LogP contribution >= 0.6 is 0 Å². The molecule has 0 atom stereocenters. The summed E-state index contributed by atoms with van der Waals surface area (Å²) < 4.78 is 202. The lowest BCUT2D eigenvalue weighted by Gasteiger charge is -2.34.